The van der Waals surface area contributed by atoms with E-state index in [2.05, 4.69) is 4.98 Å². The number of imidazole rings is 1. The molecule has 2 heterocycles. The lowest BCUT2D eigenvalue weighted by Crippen LogP contribution is -2.40. The standard InChI is InChI=1S/C30H31ClF3N5O/c1-20(2)27(39(15-7-14-35)29(40)23-12-13-26(36-17-23)30(32,33)34)28-37-25(22-10-6-11-24(31)16-22)19-38(28)18-21-8-4-3-5-9-21/h3-6,8-13,16-17,19-20,27H,7,14-15,18,35H2,1-2H3/t27-/m1/s1. The smallest absolute Gasteiger partial charge is 0.330 e. The third kappa shape index (κ3) is 6.89. The molecule has 2 aromatic carbocycles. The van der Waals surface area contributed by atoms with Crippen LogP contribution in [0.15, 0.2) is 79.1 Å². The van der Waals surface area contributed by atoms with Crippen molar-refractivity contribution in [2.24, 2.45) is 11.7 Å². The molecule has 0 bridgehead atoms. The number of nitrogens with two attached hydrogens (primary N) is 1. The van der Waals surface area contributed by atoms with Crippen LogP contribution in [0.25, 0.3) is 11.3 Å². The van der Waals surface area contributed by atoms with Crippen molar-refractivity contribution >= 4 is 17.5 Å². The highest BCUT2D eigenvalue weighted by molar-refractivity contribution is 6.30. The Kier molecular flexibility index (Phi) is 9.27. The number of nitrogens with zero attached hydrogens (tertiary/aromatic N) is 4. The lowest BCUT2D eigenvalue weighted by molar-refractivity contribution is -0.141. The average Bonchev–Trinajstić information content (AvgIpc) is 3.33. The van der Waals surface area contributed by atoms with Gasteiger partial charge in [-0.05, 0) is 48.7 Å². The van der Waals surface area contributed by atoms with E-state index in [-0.39, 0.29) is 11.5 Å². The number of aromatic nitrogens is 3. The molecular formula is C30H31ClF3N5O. The fourth-order valence-electron chi connectivity index (χ4n) is 4.64. The van der Waals surface area contributed by atoms with Crippen LogP contribution < -0.4 is 5.73 Å². The van der Waals surface area contributed by atoms with Crippen LogP contribution in [0.5, 0.6) is 0 Å². The van der Waals surface area contributed by atoms with Gasteiger partial charge in [-0.1, -0.05) is 67.9 Å². The highest BCUT2D eigenvalue weighted by Gasteiger charge is 2.35. The maximum absolute atomic E-state index is 13.8. The van der Waals surface area contributed by atoms with Gasteiger partial charge in [-0.2, -0.15) is 13.2 Å². The van der Waals surface area contributed by atoms with Gasteiger partial charge in [0, 0.05) is 36.1 Å². The number of carbonyl (C=O) groups is 1. The normalized spacial score (nSPS) is 12.5. The van der Waals surface area contributed by atoms with Crippen LogP contribution in [-0.4, -0.2) is 38.4 Å². The van der Waals surface area contributed by atoms with E-state index in [9.17, 15) is 18.0 Å². The molecule has 0 saturated carbocycles. The van der Waals surface area contributed by atoms with Crippen LogP contribution in [0.1, 0.15) is 53.7 Å². The number of amides is 1. The molecule has 10 heteroatoms. The van der Waals surface area contributed by atoms with Gasteiger partial charge in [0.1, 0.15) is 11.5 Å². The Hall–Kier alpha value is -3.69. The first-order valence-electron chi connectivity index (χ1n) is 13.0. The summed E-state index contributed by atoms with van der Waals surface area (Å²) < 4.78 is 41.3. The van der Waals surface area contributed by atoms with E-state index in [1.54, 1.807) is 11.0 Å². The van der Waals surface area contributed by atoms with Gasteiger partial charge in [-0.25, -0.2) is 4.98 Å². The predicted molar refractivity (Wildman–Crippen MR) is 150 cm³/mol. The SMILES string of the molecule is CC(C)[C@H](c1nc(-c2cccc(Cl)c2)cn1Cc1ccccc1)N(CCCN)C(=O)c1ccc(C(F)(F)F)nc1. The summed E-state index contributed by atoms with van der Waals surface area (Å²) >= 11 is 6.26. The molecule has 0 spiro atoms. The quantitative estimate of drug-likeness (QED) is 0.226. The molecule has 0 aliphatic carbocycles. The lowest BCUT2D eigenvalue weighted by atomic mass is 9.99. The minimum absolute atomic E-state index is 0.0619. The Morgan fingerprint density at radius 1 is 1.07 bits per heavy atom. The van der Waals surface area contributed by atoms with Crippen molar-refractivity contribution in [3.63, 3.8) is 0 Å². The van der Waals surface area contributed by atoms with Crippen molar-refractivity contribution < 1.29 is 18.0 Å². The predicted octanol–water partition coefficient (Wildman–Crippen LogP) is 6.85. The largest absolute Gasteiger partial charge is 0.433 e. The second-order valence-electron chi connectivity index (χ2n) is 9.87. The Morgan fingerprint density at radius 2 is 1.82 bits per heavy atom. The molecule has 0 aliphatic rings. The summed E-state index contributed by atoms with van der Waals surface area (Å²) in [5, 5.41) is 0.576. The molecule has 4 rings (SSSR count). The van der Waals surface area contributed by atoms with Crippen LogP contribution in [0, 0.1) is 5.92 Å². The van der Waals surface area contributed by atoms with Crippen molar-refractivity contribution in [2.75, 3.05) is 13.1 Å². The summed E-state index contributed by atoms with van der Waals surface area (Å²) in [6, 6.07) is 18.8. The van der Waals surface area contributed by atoms with Gasteiger partial charge in [0.25, 0.3) is 5.91 Å². The molecule has 0 unspecified atom stereocenters. The third-order valence-electron chi connectivity index (χ3n) is 6.52. The van der Waals surface area contributed by atoms with Gasteiger partial charge in [0.15, 0.2) is 0 Å². The Labute approximate surface area is 236 Å². The molecule has 0 fully saturated rings. The fourth-order valence-corrected chi connectivity index (χ4v) is 4.83. The van der Waals surface area contributed by atoms with E-state index in [4.69, 9.17) is 22.3 Å². The monoisotopic (exact) mass is 569 g/mol. The summed E-state index contributed by atoms with van der Waals surface area (Å²) in [4.78, 5) is 24.0. The Bertz CT molecular complexity index is 1420. The number of rotatable bonds is 10. The zero-order chi connectivity index (χ0) is 28.9. The van der Waals surface area contributed by atoms with Gasteiger partial charge in [-0.3, -0.25) is 9.78 Å². The molecule has 1 atom stereocenters. The van der Waals surface area contributed by atoms with Gasteiger partial charge >= 0.3 is 6.18 Å². The molecule has 0 saturated heterocycles. The average molecular weight is 570 g/mol. The topological polar surface area (TPSA) is 77.0 Å². The first kappa shape index (κ1) is 29.3. The molecule has 6 nitrogen and oxygen atoms in total. The van der Waals surface area contributed by atoms with E-state index in [0.29, 0.717) is 42.6 Å². The van der Waals surface area contributed by atoms with Gasteiger partial charge < -0.3 is 15.2 Å². The minimum Gasteiger partial charge on any atom is -0.330 e. The molecule has 40 heavy (non-hydrogen) atoms. The summed E-state index contributed by atoms with van der Waals surface area (Å²) in [7, 11) is 0. The van der Waals surface area contributed by atoms with Crippen LogP contribution in [0.4, 0.5) is 13.2 Å². The maximum atomic E-state index is 13.8. The summed E-state index contributed by atoms with van der Waals surface area (Å²) in [5.41, 5.74) is 7.40. The van der Waals surface area contributed by atoms with E-state index < -0.39 is 23.8 Å². The van der Waals surface area contributed by atoms with Gasteiger partial charge in [0.05, 0.1) is 17.3 Å². The maximum Gasteiger partial charge on any atom is 0.433 e. The molecule has 2 aromatic heterocycles. The first-order chi connectivity index (χ1) is 19.1. The van der Waals surface area contributed by atoms with Crippen LogP contribution in [0.2, 0.25) is 5.02 Å². The summed E-state index contributed by atoms with van der Waals surface area (Å²) in [5.74, 6) is 0.124. The van der Waals surface area contributed by atoms with Gasteiger partial charge in [0.2, 0.25) is 0 Å². The minimum atomic E-state index is -4.60. The van der Waals surface area contributed by atoms with E-state index in [1.165, 1.54) is 6.07 Å². The molecule has 1 amide bonds. The van der Waals surface area contributed by atoms with Crippen molar-refractivity contribution in [3.8, 4) is 11.3 Å². The Morgan fingerprint density at radius 3 is 2.42 bits per heavy atom. The molecular weight excluding hydrogens is 539 g/mol. The van der Waals surface area contributed by atoms with Crippen LogP contribution >= 0.6 is 11.6 Å². The van der Waals surface area contributed by atoms with Crippen LogP contribution in [0.3, 0.4) is 0 Å². The molecule has 210 valence electrons. The molecule has 0 aliphatic heterocycles. The zero-order valence-corrected chi connectivity index (χ0v) is 23.0. The van der Waals surface area contributed by atoms with Crippen molar-refractivity contribution in [1.82, 2.24) is 19.4 Å². The number of alkyl halides is 3. The van der Waals surface area contributed by atoms with Crippen molar-refractivity contribution in [2.45, 2.75) is 39.0 Å². The summed E-state index contributed by atoms with van der Waals surface area (Å²) in [6.45, 7) is 5.11. The molecule has 4 aromatic rings. The Balaban J connectivity index is 1.80. The summed E-state index contributed by atoms with van der Waals surface area (Å²) in [6.07, 6.45) is -1.18. The third-order valence-corrected chi connectivity index (χ3v) is 6.76. The number of carbonyl (C=O) groups excluding carboxylic acids is 1. The number of hydrogen-bond donors (Lipinski definition) is 1. The molecule has 2 N–H and O–H groups in total. The van der Waals surface area contributed by atoms with Crippen molar-refractivity contribution in [3.05, 3.63) is 107 Å². The van der Waals surface area contributed by atoms with Crippen molar-refractivity contribution in [1.29, 1.82) is 0 Å². The highest BCUT2D eigenvalue weighted by Crippen LogP contribution is 2.34. The fraction of sp³-hybridized carbons (Fsp3) is 0.300. The second kappa shape index (κ2) is 12.7. The zero-order valence-electron chi connectivity index (χ0n) is 22.3. The van der Waals surface area contributed by atoms with E-state index >= 15 is 0 Å². The lowest BCUT2D eigenvalue weighted by Gasteiger charge is -2.34. The van der Waals surface area contributed by atoms with E-state index in [1.807, 2.05) is 73.1 Å². The first-order valence-corrected chi connectivity index (χ1v) is 13.4. The number of halogens is 4. The van der Waals surface area contributed by atoms with E-state index in [0.717, 1.165) is 23.4 Å². The van der Waals surface area contributed by atoms with Gasteiger partial charge in [-0.15, -0.1) is 0 Å². The highest BCUT2D eigenvalue weighted by atomic mass is 35.5. The number of pyridine rings is 1. The number of benzene rings is 2. The number of hydrogen-bond acceptors (Lipinski definition) is 4. The molecule has 0 radical (unpaired) electrons. The second-order valence-corrected chi connectivity index (χ2v) is 10.3. The van der Waals surface area contributed by atoms with Crippen LogP contribution in [-0.2, 0) is 12.7 Å².